The maximum atomic E-state index is 12.6. The van der Waals surface area contributed by atoms with Gasteiger partial charge in [0.15, 0.2) is 0 Å². The molecule has 0 unspecified atom stereocenters. The number of carbonyl (C=O) groups excluding carboxylic acids is 1. The third-order valence-corrected chi connectivity index (χ3v) is 3.89. The fourth-order valence-electron chi connectivity index (χ4n) is 2.46. The van der Waals surface area contributed by atoms with Crippen LogP contribution >= 0.6 is 0 Å². The Morgan fingerprint density at radius 1 is 1.41 bits per heavy atom. The minimum absolute atomic E-state index is 0.0182. The Hall–Kier alpha value is -2.74. The number of aromatic carboxylic acids is 1. The smallest absolute Gasteiger partial charge is 0.337 e. The summed E-state index contributed by atoms with van der Waals surface area (Å²) in [6.45, 7) is 5.81. The summed E-state index contributed by atoms with van der Waals surface area (Å²) in [4.78, 5) is 35.8. The number of amides is 1. The largest absolute Gasteiger partial charge is 0.478 e. The fourth-order valence-corrected chi connectivity index (χ4v) is 2.46. The van der Waals surface area contributed by atoms with Crippen LogP contribution in [0.5, 0.6) is 0 Å². The standard InChI is InChI=1S/C19H26N2O6/c1-3-5-10-20(18(22)14-27-12-6-4-2)17-13-15(9-11-21(25)26)7-8-16(17)19(23)24/h4,7-8,13H,2-3,5-6,9-12,14H2,1H3,(H,23,24). The van der Waals surface area contributed by atoms with Gasteiger partial charge in [0.25, 0.3) is 5.91 Å². The lowest BCUT2D eigenvalue weighted by atomic mass is 10.0. The van der Waals surface area contributed by atoms with Crippen molar-refractivity contribution >= 4 is 17.6 Å². The van der Waals surface area contributed by atoms with E-state index in [1.54, 1.807) is 18.2 Å². The summed E-state index contributed by atoms with van der Waals surface area (Å²) >= 11 is 0. The van der Waals surface area contributed by atoms with Gasteiger partial charge in [0.05, 0.1) is 17.9 Å². The number of carbonyl (C=O) groups is 2. The van der Waals surface area contributed by atoms with Crippen molar-refractivity contribution < 1.29 is 24.4 Å². The van der Waals surface area contributed by atoms with E-state index < -0.39 is 10.9 Å². The van der Waals surface area contributed by atoms with Crippen LogP contribution in [0.2, 0.25) is 0 Å². The summed E-state index contributed by atoms with van der Waals surface area (Å²) in [7, 11) is 0. The fraction of sp³-hybridized carbons (Fsp3) is 0.474. The van der Waals surface area contributed by atoms with Gasteiger partial charge in [-0.3, -0.25) is 14.9 Å². The van der Waals surface area contributed by atoms with E-state index in [4.69, 9.17) is 4.74 Å². The first-order valence-corrected chi connectivity index (χ1v) is 8.87. The molecular formula is C19H26N2O6. The monoisotopic (exact) mass is 378 g/mol. The average molecular weight is 378 g/mol. The van der Waals surface area contributed by atoms with E-state index in [9.17, 15) is 24.8 Å². The molecule has 0 bridgehead atoms. The van der Waals surface area contributed by atoms with Crippen molar-refractivity contribution in [2.45, 2.75) is 32.6 Å². The normalized spacial score (nSPS) is 10.4. The number of unbranched alkanes of at least 4 members (excludes halogenated alkanes) is 1. The van der Waals surface area contributed by atoms with E-state index in [2.05, 4.69) is 6.58 Å². The zero-order valence-corrected chi connectivity index (χ0v) is 15.6. The number of carboxylic acids is 1. The first kappa shape index (κ1) is 22.3. The number of anilines is 1. The second-order valence-corrected chi connectivity index (χ2v) is 5.99. The number of rotatable bonds is 13. The number of nitrogens with zero attached hydrogens (tertiary/aromatic N) is 2. The van der Waals surface area contributed by atoms with Crippen LogP contribution in [0.25, 0.3) is 0 Å². The zero-order chi connectivity index (χ0) is 20.2. The molecule has 0 spiro atoms. The van der Waals surface area contributed by atoms with Crippen LogP contribution in [0.4, 0.5) is 5.69 Å². The van der Waals surface area contributed by atoms with E-state index in [-0.39, 0.29) is 36.7 Å². The number of benzene rings is 1. The van der Waals surface area contributed by atoms with E-state index >= 15 is 0 Å². The summed E-state index contributed by atoms with van der Waals surface area (Å²) < 4.78 is 5.33. The first-order valence-electron chi connectivity index (χ1n) is 8.87. The van der Waals surface area contributed by atoms with Gasteiger partial charge >= 0.3 is 5.97 Å². The van der Waals surface area contributed by atoms with E-state index in [0.717, 1.165) is 6.42 Å². The molecule has 0 saturated heterocycles. The molecule has 0 aliphatic rings. The highest BCUT2D eigenvalue weighted by Crippen LogP contribution is 2.24. The molecule has 1 aromatic carbocycles. The van der Waals surface area contributed by atoms with E-state index in [1.807, 2.05) is 6.92 Å². The molecule has 0 aliphatic carbocycles. The third kappa shape index (κ3) is 7.57. The highest BCUT2D eigenvalue weighted by Gasteiger charge is 2.22. The number of hydrogen-bond donors (Lipinski definition) is 1. The maximum Gasteiger partial charge on any atom is 0.337 e. The van der Waals surface area contributed by atoms with Crippen LogP contribution in [0.15, 0.2) is 30.9 Å². The minimum atomic E-state index is -1.16. The van der Waals surface area contributed by atoms with Gasteiger partial charge in [-0.05, 0) is 30.5 Å². The van der Waals surface area contributed by atoms with Crippen molar-refractivity contribution in [2.75, 3.05) is 31.2 Å². The topological polar surface area (TPSA) is 110 Å². The summed E-state index contributed by atoms with van der Waals surface area (Å²) in [6.07, 6.45) is 3.96. The van der Waals surface area contributed by atoms with Gasteiger partial charge in [0.1, 0.15) is 6.61 Å². The maximum absolute atomic E-state index is 12.6. The summed E-state index contributed by atoms with van der Waals surface area (Å²) in [5.41, 5.74) is 0.832. The van der Waals surface area contributed by atoms with E-state index in [0.29, 0.717) is 31.6 Å². The molecule has 0 radical (unpaired) electrons. The molecule has 0 atom stereocenters. The van der Waals surface area contributed by atoms with Gasteiger partial charge in [-0.25, -0.2) is 4.79 Å². The Morgan fingerprint density at radius 3 is 2.74 bits per heavy atom. The molecule has 1 rings (SSSR count). The lowest BCUT2D eigenvalue weighted by Gasteiger charge is -2.25. The Bertz CT molecular complexity index is 674. The van der Waals surface area contributed by atoms with Crippen LogP contribution in [-0.4, -0.2) is 48.2 Å². The minimum Gasteiger partial charge on any atom is -0.478 e. The summed E-state index contributed by atoms with van der Waals surface area (Å²) in [5, 5.41) is 20.1. The lowest BCUT2D eigenvalue weighted by molar-refractivity contribution is -0.479. The second-order valence-electron chi connectivity index (χ2n) is 5.99. The Balaban J connectivity index is 3.13. The second kappa shape index (κ2) is 11.8. The lowest BCUT2D eigenvalue weighted by Crippen LogP contribution is -2.36. The number of nitro groups is 1. The molecule has 0 heterocycles. The van der Waals surface area contributed by atoms with Crippen molar-refractivity contribution in [3.05, 3.63) is 52.1 Å². The van der Waals surface area contributed by atoms with Gasteiger partial charge in [0, 0.05) is 17.9 Å². The van der Waals surface area contributed by atoms with Crippen molar-refractivity contribution in [3.63, 3.8) is 0 Å². The van der Waals surface area contributed by atoms with Crippen LogP contribution in [0.3, 0.4) is 0 Å². The van der Waals surface area contributed by atoms with Gasteiger partial charge in [-0.15, -0.1) is 6.58 Å². The van der Waals surface area contributed by atoms with Crippen molar-refractivity contribution in [3.8, 4) is 0 Å². The van der Waals surface area contributed by atoms with Crippen LogP contribution in [0.1, 0.15) is 42.1 Å². The quantitative estimate of drug-likeness (QED) is 0.245. The molecular weight excluding hydrogens is 352 g/mol. The molecule has 1 amide bonds. The van der Waals surface area contributed by atoms with Gasteiger partial charge < -0.3 is 14.7 Å². The van der Waals surface area contributed by atoms with Crippen molar-refractivity contribution in [2.24, 2.45) is 0 Å². The Kier molecular flexibility index (Phi) is 9.74. The van der Waals surface area contributed by atoms with Crippen LogP contribution in [0, 0.1) is 10.1 Å². The molecule has 8 heteroatoms. The summed E-state index contributed by atoms with van der Waals surface area (Å²) in [6, 6.07) is 4.47. The Morgan fingerprint density at radius 2 is 2.15 bits per heavy atom. The molecule has 8 nitrogen and oxygen atoms in total. The average Bonchev–Trinajstić information content (AvgIpc) is 2.63. The van der Waals surface area contributed by atoms with Crippen LogP contribution < -0.4 is 4.90 Å². The Labute approximate surface area is 158 Å². The molecule has 148 valence electrons. The van der Waals surface area contributed by atoms with Gasteiger partial charge in [-0.2, -0.15) is 0 Å². The molecule has 0 fully saturated rings. The van der Waals surface area contributed by atoms with Gasteiger partial charge in [0.2, 0.25) is 6.54 Å². The number of hydrogen-bond acceptors (Lipinski definition) is 5. The third-order valence-electron chi connectivity index (χ3n) is 3.89. The molecule has 1 N–H and O–H groups in total. The predicted octanol–water partition coefficient (Wildman–Crippen LogP) is 2.93. The summed E-state index contributed by atoms with van der Waals surface area (Å²) in [5.74, 6) is -1.51. The molecule has 27 heavy (non-hydrogen) atoms. The van der Waals surface area contributed by atoms with Crippen LogP contribution in [-0.2, 0) is 16.0 Å². The number of ether oxygens (including phenoxy) is 1. The zero-order valence-electron chi connectivity index (χ0n) is 15.6. The number of carboxylic acid groups (broad SMARTS) is 1. The molecule has 0 saturated carbocycles. The highest BCUT2D eigenvalue weighted by molar-refractivity contribution is 6.02. The molecule has 0 aromatic heterocycles. The van der Waals surface area contributed by atoms with Gasteiger partial charge in [-0.1, -0.05) is 25.5 Å². The van der Waals surface area contributed by atoms with E-state index in [1.165, 1.54) is 11.0 Å². The van der Waals surface area contributed by atoms with Crippen molar-refractivity contribution in [1.29, 1.82) is 0 Å². The first-order chi connectivity index (χ1) is 12.9. The SMILES string of the molecule is C=CCCOCC(=O)N(CCCC)c1cc(CC[N+](=O)[O-])ccc1C(=O)O. The molecule has 1 aromatic rings. The predicted molar refractivity (Wildman–Crippen MR) is 102 cm³/mol. The molecule has 0 aliphatic heterocycles. The highest BCUT2D eigenvalue weighted by atomic mass is 16.6. The van der Waals surface area contributed by atoms with Crippen molar-refractivity contribution in [1.82, 2.24) is 0 Å².